The molecule has 6 heteroatoms. The number of carbonyl (C=O) groups is 1. The van der Waals surface area contributed by atoms with Gasteiger partial charge in [0, 0.05) is 0 Å². The van der Waals surface area contributed by atoms with E-state index in [-0.39, 0.29) is 17.4 Å². The van der Waals surface area contributed by atoms with Crippen molar-refractivity contribution in [3.63, 3.8) is 0 Å². The van der Waals surface area contributed by atoms with Gasteiger partial charge in [-0.2, -0.15) is 0 Å². The van der Waals surface area contributed by atoms with E-state index in [9.17, 15) is 9.18 Å². The Bertz CT molecular complexity index is 661. The minimum atomic E-state index is -0.461. The summed E-state index contributed by atoms with van der Waals surface area (Å²) in [5, 5.41) is 3.57. The molecule has 0 aromatic heterocycles. The molecule has 1 N–H and O–H groups in total. The Hall–Kier alpha value is -1.29. The van der Waals surface area contributed by atoms with Crippen molar-refractivity contribution in [3.05, 3.63) is 62.8 Å². The van der Waals surface area contributed by atoms with Gasteiger partial charge in [-0.25, -0.2) is 4.39 Å². The number of rotatable bonds is 3. The third-order valence-electron chi connectivity index (χ3n) is 2.55. The second-order valence-corrected chi connectivity index (χ2v) is 5.32. The Labute approximate surface area is 130 Å². The molecule has 2 aromatic rings. The summed E-state index contributed by atoms with van der Waals surface area (Å²) in [6, 6.07) is 8.72. The molecule has 0 aliphatic carbocycles. The molecule has 0 aliphatic rings. The first-order valence-corrected chi connectivity index (χ1v) is 6.78. The van der Waals surface area contributed by atoms with E-state index in [0.717, 1.165) is 11.6 Å². The molecule has 2 aromatic carbocycles. The molecule has 0 unspecified atom stereocenters. The zero-order valence-corrected chi connectivity index (χ0v) is 12.4. The van der Waals surface area contributed by atoms with Crippen LogP contribution in [0.1, 0.15) is 5.56 Å². The summed E-state index contributed by atoms with van der Waals surface area (Å²) in [6.45, 7) is 0. The molecule has 0 fully saturated rings. The smallest absolute Gasteiger partial charge is 0.228 e. The van der Waals surface area contributed by atoms with E-state index < -0.39 is 5.82 Å². The average Bonchev–Trinajstić information content (AvgIpc) is 2.37. The SMILES string of the molecule is O=C(Cc1ccc(Cl)c(Cl)c1)Nc1ccc(F)cc1Cl. The monoisotopic (exact) mass is 331 g/mol. The summed E-state index contributed by atoms with van der Waals surface area (Å²) in [5.41, 5.74) is 1.08. The lowest BCUT2D eigenvalue weighted by atomic mass is 10.1. The first-order chi connectivity index (χ1) is 9.45. The fourth-order valence-electron chi connectivity index (χ4n) is 1.62. The predicted molar refractivity (Wildman–Crippen MR) is 80.2 cm³/mol. The number of hydrogen-bond acceptors (Lipinski definition) is 1. The Kier molecular flexibility index (Phi) is 4.86. The molecule has 0 atom stereocenters. The molecule has 0 aliphatic heterocycles. The van der Waals surface area contributed by atoms with E-state index in [4.69, 9.17) is 34.8 Å². The molecular formula is C14H9Cl3FNO. The van der Waals surface area contributed by atoms with Gasteiger partial charge in [0.25, 0.3) is 0 Å². The van der Waals surface area contributed by atoms with Crippen molar-refractivity contribution in [1.29, 1.82) is 0 Å². The normalized spacial score (nSPS) is 10.4. The van der Waals surface area contributed by atoms with E-state index in [2.05, 4.69) is 5.32 Å². The van der Waals surface area contributed by atoms with E-state index >= 15 is 0 Å². The highest BCUT2D eigenvalue weighted by Gasteiger charge is 2.09. The molecule has 2 rings (SSSR count). The van der Waals surface area contributed by atoms with Gasteiger partial charge in [-0.1, -0.05) is 40.9 Å². The molecule has 0 radical (unpaired) electrons. The first kappa shape index (κ1) is 15.1. The highest BCUT2D eigenvalue weighted by molar-refractivity contribution is 6.42. The van der Waals surface area contributed by atoms with E-state index in [1.165, 1.54) is 12.1 Å². The summed E-state index contributed by atoms with van der Waals surface area (Å²) in [4.78, 5) is 11.9. The zero-order valence-electron chi connectivity index (χ0n) is 10.1. The maximum atomic E-state index is 12.9. The number of amides is 1. The third kappa shape index (κ3) is 3.85. The summed E-state index contributed by atoms with van der Waals surface area (Å²) in [7, 11) is 0. The van der Waals surface area contributed by atoms with Crippen LogP contribution in [0.2, 0.25) is 15.1 Å². The van der Waals surface area contributed by atoms with Gasteiger partial charge in [0.15, 0.2) is 0 Å². The summed E-state index contributed by atoms with van der Waals surface area (Å²) in [5.74, 6) is -0.741. The zero-order chi connectivity index (χ0) is 14.7. The highest BCUT2D eigenvalue weighted by atomic mass is 35.5. The largest absolute Gasteiger partial charge is 0.324 e. The van der Waals surface area contributed by atoms with Gasteiger partial charge >= 0.3 is 0 Å². The van der Waals surface area contributed by atoms with Crippen LogP contribution in [-0.2, 0) is 11.2 Å². The Morgan fingerprint density at radius 1 is 1.00 bits per heavy atom. The van der Waals surface area contributed by atoms with Gasteiger partial charge in [-0.05, 0) is 35.9 Å². The van der Waals surface area contributed by atoms with Crippen molar-refractivity contribution in [3.8, 4) is 0 Å². The Morgan fingerprint density at radius 2 is 1.75 bits per heavy atom. The minimum Gasteiger partial charge on any atom is -0.324 e. The average molecular weight is 333 g/mol. The molecular weight excluding hydrogens is 324 g/mol. The molecule has 2 nitrogen and oxygen atoms in total. The van der Waals surface area contributed by atoms with Crippen LogP contribution in [-0.4, -0.2) is 5.91 Å². The highest BCUT2D eigenvalue weighted by Crippen LogP contribution is 2.24. The van der Waals surface area contributed by atoms with Crippen LogP contribution in [0.25, 0.3) is 0 Å². The molecule has 1 amide bonds. The van der Waals surface area contributed by atoms with E-state index in [0.29, 0.717) is 15.7 Å². The lowest BCUT2D eigenvalue weighted by Crippen LogP contribution is -2.14. The number of nitrogens with one attached hydrogen (secondary N) is 1. The third-order valence-corrected chi connectivity index (χ3v) is 3.61. The number of anilines is 1. The van der Waals surface area contributed by atoms with E-state index in [1.54, 1.807) is 18.2 Å². The molecule has 0 bridgehead atoms. The van der Waals surface area contributed by atoms with Gasteiger partial charge in [0.1, 0.15) is 5.82 Å². The van der Waals surface area contributed by atoms with Gasteiger partial charge in [-0.15, -0.1) is 0 Å². The fourth-order valence-corrected chi connectivity index (χ4v) is 2.16. The van der Waals surface area contributed by atoms with Crippen LogP contribution in [0.5, 0.6) is 0 Å². The van der Waals surface area contributed by atoms with Gasteiger partial charge in [0.05, 0.1) is 27.2 Å². The van der Waals surface area contributed by atoms with Crippen LogP contribution in [0.15, 0.2) is 36.4 Å². The topological polar surface area (TPSA) is 29.1 Å². The summed E-state index contributed by atoms with van der Waals surface area (Å²) < 4.78 is 12.9. The lowest BCUT2D eigenvalue weighted by molar-refractivity contribution is -0.115. The van der Waals surface area contributed by atoms with Crippen LogP contribution in [0.3, 0.4) is 0 Å². The van der Waals surface area contributed by atoms with Crippen LogP contribution in [0, 0.1) is 5.82 Å². The summed E-state index contributed by atoms with van der Waals surface area (Å²) >= 11 is 17.5. The Balaban J connectivity index is 2.07. The van der Waals surface area contributed by atoms with Gasteiger partial charge < -0.3 is 5.32 Å². The van der Waals surface area contributed by atoms with Crippen LogP contribution >= 0.6 is 34.8 Å². The molecule has 20 heavy (non-hydrogen) atoms. The summed E-state index contributed by atoms with van der Waals surface area (Å²) in [6.07, 6.45) is 0.116. The van der Waals surface area contributed by atoms with Gasteiger partial charge in [-0.3, -0.25) is 4.79 Å². The Morgan fingerprint density at radius 3 is 2.40 bits per heavy atom. The lowest BCUT2D eigenvalue weighted by Gasteiger charge is -2.08. The van der Waals surface area contributed by atoms with Crippen LogP contribution < -0.4 is 5.32 Å². The van der Waals surface area contributed by atoms with Crippen molar-refractivity contribution in [2.75, 3.05) is 5.32 Å². The first-order valence-electron chi connectivity index (χ1n) is 5.64. The van der Waals surface area contributed by atoms with Crippen LogP contribution in [0.4, 0.5) is 10.1 Å². The second kappa shape index (κ2) is 6.44. The molecule has 0 heterocycles. The number of halogens is 4. The van der Waals surface area contributed by atoms with E-state index in [1.807, 2.05) is 0 Å². The van der Waals surface area contributed by atoms with Crippen molar-refractivity contribution in [1.82, 2.24) is 0 Å². The number of benzene rings is 2. The fraction of sp³-hybridized carbons (Fsp3) is 0.0714. The molecule has 0 saturated carbocycles. The van der Waals surface area contributed by atoms with Crippen molar-refractivity contribution >= 4 is 46.4 Å². The van der Waals surface area contributed by atoms with Crippen molar-refractivity contribution < 1.29 is 9.18 Å². The predicted octanol–water partition coefficient (Wildman–Crippen LogP) is 4.97. The molecule has 0 spiro atoms. The maximum Gasteiger partial charge on any atom is 0.228 e. The van der Waals surface area contributed by atoms with Crippen molar-refractivity contribution in [2.24, 2.45) is 0 Å². The van der Waals surface area contributed by atoms with Crippen molar-refractivity contribution in [2.45, 2.75) is 6.42 Å². The quantitative estimate of drug-likeness (QED) is 0.845. The number of hydrogen-bond donors (Lipinski definition) is 1. The second-order valence-electron chi connectivity index (χ2n) is 4.10. The molecule has 0 saturated heterocycles. The number of carbonyl (C=O) groups excluding carboxylic acids is 1. The minimum absolute atomic E-state index is 0.116. The maximum absolute atomic E-state index is 12.9. The van der Waals surface area contributed by atoms with Gasteiger partial charge in [0.2, 0.25) is 5.91 Å². The standard InChI is InChI=1S/C14H9Cl3FNO/c15-10-3-1-8(5-11(10)16)6-14(20)19-13-4-2-9(18)7-12(13)17/h1-5,7H,6H2,(H,19,20). The molecule has 104 valence electrons.